The van der Waals surface area contributed by atoms with Crippen LogP contribution in [0.4, 0.5) is 0 Å². The maximum absolute atomic E-state index is 12.0. The third-order valence-corrected chi connectivity index (χ3v) is 4.13. The largest absolute Gasteiger partial charge is 0.497 e. The number of nitrogens with zero attached hydrogens (tertiary/aromatic N) is 2. The Hall–Kier alpha value is -2.14. The van der Waals surface area contributed by atoms with Crippen LogP contribution in [-0.4, -0.2) is 16.7 Å². The average Bonchev–Trinajstić information content (AvgIpc) is 2.88. The Labute approximate surface area is 113 Å². The summed E-state index contributed by atoms with van der Waals surface area (Å²) in [6.45, 7) is 0. The van der Waals surface area contributed by atoms with Gasteiger partial charge in [0.25, 0.3) is 5.56 Å². The van der Waals surface area contributed by atoms with Gasteiger partial charge in [0.1, 0.15) is 10.4 Å². The standard InChI is InChI=1S/C14H12N2O2S/c1-16-8-15-11-7-12(19-13(11)14(16)17)9-3-5-10(18-2)6-4-9/h3-8H,1-2H3. The third-order valence-electron chi connectivity index (χ3n) is 2.97. The Bertz CT molecular complexity index is 787. The molecule has 0 amide bonds. The first-order valence-electron chi connectivity index (χ1n) is 5.78. The van der Waals surface area contributed by atoms with Crippen molar-refractivity contribution in [3.05, 3.63) is 47.0 Å². The van der Waals surface area contributed by atoms with Crippen molar-refractivity contribution in [3.8, 4) is 16.2 Å². The number of thiophene rings is 1. The Morgan fingerprint density at radius 2 is 2.00 bits per heavy atom. The first-order chi connectivity index (χ1) is 9.19. The molecule has 96 valence electrons. The summed E-state index contributed by atoms with van der Waals surface area (Å²) in [6, 6.07) is 9.72. The second kappa shape index (κ2) is 4.51. The number of methoxy groups -OCH3 is 1. The molecule has 0 saturated heterocycles. The number of hydrogen-bond donors (Lipinski definition) is 0. The zero-order valence-corrected chi connectivity index (χ0v) is 11.4. The molecule has 1 aromatic carbocycles. The van der Waals surface area contributed by atoms with Crippen LogP contribution in [0, 0.1) is 0 Å². The van der Waals surface area contributed by atoms with Gasteiger partial charge in [-0.2, -0.15) is 0 Å². The highest BCUT2D eigenvalue weighted by Crippen LogP contribution is 2.31. The van der Waals surface area contributed by atoms with Crippen molar-refractivity contribution in [1.29, 1.82) is 0 Å². The van der Waals surface area contributed by atoms with E-state index >= 15 is 0 Å². The summed E-state index contributed by atoms with van der Waals surface area (Å²) in [5, 5.41) is 0. The van der Waals surface area contributed by atoms with Crippen molar-refractivity contribution in [2.75, 3.05) is 7.11 Å². The van der Waals surface area contributed by atoms with Gasteiger partial charge in [-0.15, -0.1) is 11.3 Å². The van der Waals surface area contributed by atoms with E-state index in [0.29, 0.717) is 4.70 Å². The van der Waals surface area contributed by atoms with E-state index in [1.54, 1.807) is 20.5 Å². The molecular weight excluding hydrogens is 260 g/mol. The normalized spacial score (nSPS) is 10.8. The van der Waals surface area contributed by atoms with Gasteiger partial charge in [-0.3, -0.25) is 4.79 Å². The van der Waals surface area contributed by atoms with E-state index in [-0.39, 0.29) is 5.56 Å². The second-order valence-electron chi connectivity index (χ2n) is 4.21. The van der Waals surface area contributed by atoms with Gasteiger partial charge in [0.2, 0.25) is 0 Å². The smallest absolute Gasteiger partial charge is 0.271 e. The van der Waals surface area contributed by atoms with E-state index in [1.165, 1.54) is 15.9 Å². The molecule has 0 spiro atoms. The zero-order valence-electron chi connectivity index (χ0n) is 10.6. The summed E-state index contributed by atoms with van der Waals surface area (Å²) in [7, 11) is 3.35. The lowest BCUT2D eigenvalue weighted by atomic mass is 10.2. The minimum Gasteiger partial charge on any atom is -0.497 e. The number of rotatable bonds is 2. The minimum absolute atomic E-state index is 0.00485. The summed E-state index contributed by atoms with van der Waals surface area (Å²) >= 11 is 1.47. The molecule has 5 heteroatoms. The van der Waals surface area contributed by atoms with Gasteiger partial charge in [0.05, 0.1) is 19.0 Å². The van der Waals surface area contributed by atoms with Gasteiger partial charge in [0, 0.05) is 11.9 Å². The Morgan fingerprint density at radius 3 is 2.68 bits per heavy atom. The van der Waals surface area contributed by atoms with Gasteiger partial charge in [-0.25, -0.2) is 4.98 Å². The lowest BCUT2D eigenvalue weighted by Gasteiger charge is -2.00. The molecule has 0 saturated carbocycles. The molecule has 0 N–H and O–H groups in total. The average molecular weight is 272 g/mol. The van der Waals surface area contributed by atoms with Crippen LogP contribution in [0.5, 0.6) is 5.75 Å². The molecule has 0 atom stereocenters. The van der Waals surface area contributed by atoms with Crippen molar-refractivity contribution < 1.29 is 4.74 Å². The maximum atomic E-state index is 12.0. The van der Waals surface area contributed by atoms with Gasteiger partial charge in [0.15, 0.2) is 0 Å². The van der Waals surface area contributed by atoms with Crippen molar-refractivity contribution in [2.45, 2.75) is 0 Å². The maximum Gasteiger partial charge on any atom is 0.271 e. The van der Waals surface area contributed by atoms with Crippen LogP contribution in [0.3, 0.4) is 0 Å². The van der Waals surface area contributed by atoms with Crippen LogP contribution in [0.1, 0.15) is 0 Å². The fourth-order valence-corrected chi connectivity index (χ4v) is 2.98. The topological polar surface area (TPSA) is 44.1 Å². The van der Waals surface area contributed by atoms with Gasteiger partial charge in [-0.05, 0) is 35.9 Å². The van der Waals surface area contributed by atoms with E-state index in [2.05, 4.69) is 4.98 Å². The highest BCUT2D eigenvalue weighted by atomic mass is 32.1. The van der Waals surface area contributed by atoms with Gasteiger partial charge < -0.3 is 9.30 Å². The van der Waals surface area contributed by atoms with Gasteiger partial charge in [-0.1, -0.05) is 0 Å². The number of aromatic nitrogens is 2. The van der Waals surface area contributed by atoms with Crippen LogP contribution in [0.15, 0.2) is 41.5 Å². The van der Waals surface area contributed by atoms with Crippen LogP contribution < -0.4 is 10.3 Å². The molecule has 0 radical (unpaired) electrons. The molecular formula is C14H12N2O2S. The SMILES string of the molecule is COc1ccc(-c2cc3ncn(C)c(=O)c3s2)cc1. The highest BCUT2D eigenvalue weighted by Gasteiger charge is 2.09. The molecule has 0 aliphatic heterocycles. The Morgan fingerprint density at radius 1 is 1.26 bits per heavy atom. The van der Waals surface area contributed by atoms with Crippen LogP contribution in [-0.2, 0) is 7.05 Å². The summed E-state index contributed by atoms with van der Waals surface area (Å²) in [5.74, 6) is 0.818. The predicted molar refractivity (Wildman–Crippen MR) is 76.8 cm³/mol. The van der Waals surface area contributed by atoms with Crippen molar-refractivity contribution in [2.24, 2.45) is 7.05 Å². The summed E-state index contributed by atoms with van der Waals surface area (Å²) in [6.07, 6.45) is 1.55. The molecule has 3 rings (SSSR count). The molecule has 2 heterocycles. The number of aryl methyl sites for hydroxylation is 1. The quantitative estimate of drug-likeness (QED) is 0.720. The van der Waals surface area contributed by atoms with E-state index in [1.807, 2.05) is 30.3 Å². The molecule has 4 nitrogen and oxygen atoms in total. The van der Waals surface area contributed by atoms with E-state index < -0.39 is 0 Å². The molecule has 0 aliphatic rings. The number of benzene rings is 1. The van der Waals surface area contributed by atoms with Crippen LogP contribution >= 0.6 is 11.3 Å². The number of fused-ring (bicyclic) bond motifs is 1. The third kappa shape index (κ3) is 2.02. The van der Waals surface area contributed by atoms with Crippen LogP contribution in [0.25, 0.3) is 20.7 Å². The minimum atomic E-state index is -0.00485. The molecule has 19 heavy (non-hydrogen) atoms. The fraction of sp³-hybridized carbons (Fsp3) is 0.143. The van der Waals surface area contributed by atoms with Gasteiger partial charge >= 0.3 is 0 Å². The molecule has 3 aromatic rings. The predicted octanol–water partition coefficient (Wildman–Crippen LogP) is 2.67. The van der Waals surface area contributed by atoms with Crippen molar-refractivity contribution in [1.82, 2.24) is 9.55 Å². The summed E-state index contributed by atoms with van der Waals surface area (Å²) in [5.41, 5.74) is 1.81. The van der Waals surface area contributed by atoms with E-state index in [0.717, 1.165) is 21.7 Å². The lowest BCUT2D eigenvalue weighted by molar-refractivity contribution is 0.415. The monoisotopic (exact) mass is 272 g/mol. The zero-order chi connectivity index (χ0) is 13.4. The molecule has 0 unspecified atom stereocenters. The number of hydrogen-bond acceptors (Lipinski definition) is 4. The molecule has 0 bridgehead atoms. The molecule has 2 aromatic heterocycles. The highest BCUT2D eigenvalue weighted by molar-refractivity contribution is 7.22. The Balaban J connectivity index is 2.15. The number of ether oxygens (including phenoxy) is 1. The second-order valence-corrected chi connectivity index (χ2v) is 5.27. The lowest BCUT2D eigenvalue weighted by Crippen LogP contribution is -2.15. The first kappa shape index (κ1) is 11.9. The fourth-order valence-electron chi connectivity index (χ4n) is 1.89. The molecule has 0 aliphatic carbocycles. The van der Waals surface area contributed by atoms with E-state index in [4.69, 9.17) is 4.74 Å². The Kier molecular flexibility index (Phi) is 2.83. The van der Waals surface area contributed by atoms with Crippen molar-refractivity contribution in [3.63, 3.8) is 0 Å². The van der Waals surface area contributed by atoms with E-state index in [9.17, 15) is 4.79 Å². The van der Waals surface area contributed by atoms with Crippen molar-refractivity contribution >= 4 is 21.6 Å². The first-order valence-corrected chi connectivity index (χ1v) is 6.60. The summed E-state index contributed by atoms with van der Waals surface area (Å²) in [4.78, 5) is 17.3. The molecule has 0 fully saturated rings. The summed E-state index contributed by atoms with van der Waals surface area (Å²) < 4.78 is 7.32. The van der Waals surface area contributed by atoms with Crippen LogP contribution in [0.2, 0.25) is 0 Å².